The molecule has 2 amide bonds. The smallest absolute Gasteiger partial charge is 0.242 e. The lowest BCUT2D eigenvalue weighted by Gasteiger charge is -2.28. The fourth-order valence-corrected chi connectivity index (χ4v) is 4.86. The van der Waals surface area contributed by atoms with E-state index in [9.17, 15) is 9.59 Å². The summed E-state index contributed by atoms with van der Waals surface area (Å²) in [5.74, 6) is 1.35. The molecule has 0 aliphatic carbocycles. The first-order valence-electron chi connectivity index (χ1n) is 12.9. The van der Waals surface area contributed by atoms with Gasteiger partial charge in [0.2, 0.25) is 11.8 Å². The predicted molar refractivity (Wildman–Crippen MR) is 149 cm³/mol. The third-order valence-electron chi connectivity index (χ3n) is 6.33. The number of carbonyl (C=O) groups excluding carboxylic acids is 2. The number of methoxy groups -OCH3 is 2. The van der Waals surface area contributed by atoms with Crippen LogP contribution >= 0.6 is 11.3 Å². The first kappa shape index (κ1) is 28.3. The molecular weight excluding hydrogens is 484 g/mol. The molecule has 0 saturated carbocycles. The van der Waals surface area contributed by atoms with E-state index in [0.717, 1.165) is 28.8 Å². The van der Waals surface area contributed by atoms with Gasteiger partial charge in [-0.3, -0.25) is 9.59 Å². The summed E-state index contributed by atoms with van der Waals surface area (Å²) in [4.78, 5) is 31.4. The molecule has 198 valence electrons. The van der Waals surface area contributed by atoms with Crippen LogP contribution in [-0.2, 0) is 29.0 Å². The van der Waals surface area contributed by atoms with Crippen LogP contribution in [0.5, 0.6) is 11.5 Å². The minimum absolute atomic E-state index is 0.0293. The summed E-state index contributed by atoms with van der Waals surface area (Å²) in [5.41, 5.74) is 2.19. The molecule has 0 unspecified atom stereocenters. The second kappa shape index (κ2) is 15.1. The molecule has 3 aromatic rings. The number of rotatable bonds is 15. The van der Waals surface area contributed by atoms with Gasteiger partial charge < -0.3 is 19.3 Å². The zero-order valence-corrected chi connectivity index (χ0v) is 23.0. The number of amides is 2. The molecule has 3 rings (SSSR count). The monoisotopic (exact) mass is 522 g/mol. The van der Waals surface area contributed by atoms with Crippen molar-refractivity contribution in [2.45, 2.75) is 45.6 Å². The Labute approximate surface area is 224 Å². The number of unbranched alkanes of at least 4 members (excludes halogenated alkanes) is 1. The van der Waals surface area contributed by atoms with Gasteiger partial charge in [-0.25, -0.2) is 0 Å². The fraction of sp³-hybridized carbons (Fsp3) is 0.400. The third kappa shape index (κ3) is 8.93. The maximum atomic E-state index is 13.6. The standard InChI is InChI=1S/C30H38N2O4S/c1-4-5-18-31(29(33)16-14-24-10-7-6-8-11-24)23-30(34)32(22-26-12-9-20-37-26)19-17-25-13-15-27(35-2)28(21-25)36-3/h6-13,15,20-21H,4-5,14,16-19,22-23H2,1-3H3. The van der Waals surface area contributed by atoms with Crippen molar-refractivity contribution in [3.8, 4) is 11.5 Å². The Morgan fingerprint density at radius 3 is 2.27 bits per heavy atom. The minimum Gasteiger partial charge on any atom is -0.493 e. The number of ether oxygens (including phenoxy) is 2. The summed E-state index contributed by atoms with van der Waals surface area (Å²) < 4.78 is 10.8. The maximum Gasteiger partial charge on any atom is 0.242 e. The Hall–Kier alpha value is -3.32. The molecule has 37 heavy (non-hydrogen) atoms. The van der Waals surface area contributed by atoms with Crippen molar-refractivity contribution >= 4 is 23.2 Å². The van der Waals surface area contributed by atoms with Gasteiger partial charge in [0.15, 0.2) is 11.5 Å². The van der Waals surface area contributed by atoms with Gasteiger partial charge in [0, 0.05) is 24.4 Å². The Bertz CT molecular complexity index is 1100. The first-order chi connectivity index (χ1) is 18.0. The Balaban J connectivity index is 1.69. The Kier molecular flexibility index (Phi) is 11.5. The summed E-state index contributed by atoms with van der Waals surface area (Å²) in [6.45, 7) is 3.87. The lowest BCUT2D eigenvalue weighted by molar-refractivity contribution is -0.141. The molecule has 0 spiro atoms. The van der Waals surface area contributed by atoms with Crippen LogP contribution in [0.15, 0.2) is 66.0 Å². The summed E-state index contributed by atoms with van der Waals surface area (Å²) in [7, 11) is 3.23. The Morgan fingerprint density at radius 2 is 1.59 bits per heavy atom. The molecule has 0 bridgehead atoms. The number of nitrogens with zero attached hydrogens (tertiary/aromatic N) is 2. The van der Waals surface area contributed by atoms with Crippen LogP contribution in [0, 0.1) is 0 Å². The molecule has 0 radical (unpaired) electrons. The molecule has 1 aromatic heterocycles. The van der Waals surface area contributed by atoms with Crippen LogP contribution in [0.3, 0.4) is 0 Å². The van der Waals surface area contributed by atoms with E-state index >= 15 is 0 Å². The summed E-state index contributed by atoms with van der Waals surface area (Å²) in [6.07, 6.45) is 3.59. The molecule has 0 aliphatic heterocycles. The van der Waals surface area contributed by atoms with Gasteiger partial charge in [-0.15, -0.1) is 11.3 Å². The van der Waals surface area contributed by atoms with Gasteiger partial charge in [-0.1, -0.05) is 55.8 Å². The van der Waals surface area contributed by atoms with Crippen LogP contribution in [0.4, 0.5) is 0 Å². The van der Waals surface area contributed by atoms with Gasteiger partial charge in [-0.2, -0.15) is 0 Å². The average Bonchev–Trinajstić information content (AvgIpc) is 3.45. The van der Waals surface area contributed by atoms with Crippen LogP contribution in [0.1, 0.15) is 42.2 Å². The summed E-state index contributed by atoms with van der Waals surface area (Å²) >= 11 is 1.64. The van der Waals surface area contributed by atoms with E-state index in [-0.39, 0.29) is 18.4 Å². The quantitative estimate of drug-likeness (QED) is 0.261. The molecule has 0 fully saturated rings. The predicted octanol–water partition coefficient (Wildman–Crippen LogP) is 5.60. The molecule has 2 aromatic carbocycles. The number of thiophene rings is 1. The van der Waals surface area contributed by atoms with Crippen molar-refractivity contribution < 1.29 is 19.1 Å². The molecule has 6 nitrogen and oxygen atoms in total. The van der Waals surface area contributed by atoms with Crippen molar-refractivity contribution in [2.75, 3.05) is 33.9 Å². The van der Waals surface area contributed by atoms with Crippen molar-refractivity contribution in [1.29, 1.82) is 0 Å². The van der Waals surface area contributed by atoms with Gasteiger partial charge in [-0.05, 0) is 54.0 Å². The van der Waals surface area contributed by atoms with Gasteiger partial charge in [0.1, 0.15) is 0 Å². The lowest BCUT2D eigenvalue weighted by atomic mass is 10.1. The first-order valence-corrected chi connectivity index (χ1v) is 13.7. The van der Waals surface area contributed by atoms with Crippen LogP contribution < -0.4 is 9.47 Å². The van der Waals surface area contributed by atoms with E-state index in [1.54, 1.807) is 30.5 Å². The highest BCUT2D eigenvalue weighted by atomic mass is 32.1. The second-order valence-corrected chi connectivity index (χ2v) is 10.0. The summed E-state index contributed by atoms with van der Waals surface area (Å²) in [6, 6.07) is 19.9. The van der Waals surface area contributed by atoms with Crippen molar-refractivity contribution in [3.05, 3.63) is 82.0 Å². The molecule has 1 heterocycles. The largest absolute Gasteiger partial charge is 0.493 e. The molecule has 0 atom stereocenters. The normalized spacial score (nSPS) is 10.7. The van der Waals surface area contributed by atoms with E-state index in [0.29, 0.717) is 50.4 Å². The minimum atomic E-state index is -0.0296. The summed E-state index contributed by atoms with van der Waals surface area (Å²) in [5, 5.41) is 2.02. The zero-order valence-electron chi connectivity index (χ0n) is 22.2. The molecule has 7 heteroatoms. The van der Waals surface area contributed by atoms with E-state index < -0.39 is 0 Å². The van der Waals surface area contributed by atoms with Crippen molar-refractivity contribution in [1.82, 2.24) is 9.80 Å². The topological polar surface area (TPSA) is 59.1 Å². The Morgan fingerprint density at radius 1 is 0.811 bits per heavy atom. The van der Waals surface area contributed by atoms with Crippen LogP contribution in [0.25, 0.3) is 0 Å². The average molecular weight is 523 g/mol. The highest BCUT2D eigenvalue weighted by molar-refractivity contribution is 7.09. The van der Waals surface area contributed by atoms with Gasteiger partial charge in [0.05, 0.1) is 27.3 Å². The van der Waals surface area contributed by atoms with Gasteiger partial charge >= 0.3 is 0 Å². The highest BCUT2D eigenvalue weighted by Crippen LogP contribution is 2.28. The number of benzene rings is 2. The highest BCUT2D eigenvalue weighted by Gasteiger charge is 2.22. The molecule has 0 saturated heterocycles. The van der Waals surface area contributed by atoms with Crippen molar-refractivity contribution in [2.24, 2.45) is 0 Å². The van der Waals surface area contributed by atoms with E-state index in [4.69, 9.17) is 9.47 Å². The zero-order chi connectivity index (χ0) is 26.5. The van der Waals surface area contributed by atoms with Crippen molar-refractivity contribution in [3.63, 3.8) is 0 Å². The molecule has 0 aliphatic rings. The van der Waals surface area contributed by atoms with E-state index in [1.807, 2.05) is 70.9 Å². The third-order valence-corrected chi connectivity index (χ3v) is 7.19. The van der Waals surface area contributed by atoms with Crippen LogP contribution in [-0.4, -0.2) is 55.5 Å². The van der Waals surface area contributed by atoms with Gasteiger partial charge in [0.25, 0.3) is 0 Å². The fourth-order valence-electron chi connectivity index (χ4n) is 4.14. The number of aryl methyl sites for hydroxylation is 1. The SMILES string of the molecule is CCCCN(CC(=O)N(CCc1ccc(OC)c(OC)c1)Cc1cccs1)C(=O)CCc1ccccc1. The van der Waals surface area contributed by atoms with E-state index in [1.165, 1.54) is 0 Å². The molecule has 0 N–H and O–H groups in total. The maximum absolute atomic E-state index is 13.6. The number of hydrogen-bond acceptors (Lipinski definition) is 5. The lowest BCUT2D eigenvalue weighted by Crippen LogP contribution is -2.43. The number of hydrogen-bond donors (Lipinski definition) is 0. The van der Waals surface area contributed by atoms with E-state index in [2.05, 4.69) is 6.92 Å². The second-order valence-electron chi connectivity index (χ2n) is 8.99. The van der Waals surface area contributed by atoms with Crippen LogP contribution in [0.2, 0.25) is 0 Å². The number of carbonyl (C=O) groups is 2. The molecular formula is C30H38N2O4S.